The summed E-state index contributed by atoms with van der Waals surface area (Å²) in [5.74, 6) is -0.478. The SMILES string of the molecule is C/C(=N/OC(=O)c1ccccc1)c1ccc(Cl)cc1. The van der Waals surface area contributed by atoms with Crippen molar-refractivity contribution in [2.75, 3.05) is 0 Å². The van der Waals surface area contributed by atoms with Crippen LogP contribution in [-0.4, -0.2) is 11.7 Å². The first-order valence-electron chi connectivity index (χ1n) is 5.74. The Morgan fingerprint density at radius 1 is 1.00 bits per heavy atom. The highest BCUT2D eigenvalue weighted by Gasteiger charge is 2.06. The van der Waals surface area contributed by atoms with Crippen LogP contribution in [0.2, 0.25) is 5.02 Å². The lowest BCUT2D eigenvalue weighted by Crippen LogP contribution is -2.03. The van der Waals surface area contributed by atoms with E-state index in [0.717, 1.165) is 5.56 Å². The highest BCUT2D eigenvalue weighted by Crippen LogP contribution is 2.10. The van der Waals surface area contributed by atoms with Gasteiger partial charge in [0.25, 0.3) is 0 Å². The van der Waals surface area contributed by atoms with Crippen LogP contribution in [-0.2, 0) is 4.84 Å². The average Bonchev–Trinajstić information content (AvgIpc) is 2.46. The molecule has 96 valence electrons. The second kappa shape index (κ2) is 6.16. The maximum absolute atomic E-state index is 11.7. The molecule has 19 heavy (non-hydrogen) atoms. The first kappa shape index (κ1) is 13.3. The number of halogens is 1. The molecule has 0 radical (unpaired) electrons. The summed E-state index contributed by atoms with van der Waals surface area (Å²) in [6.07, 6.45) is 0. The molecule has 0 fully saturated rings. The van der Waals surface area contributed by atoms with Gasteiger partial charge in [0.05, 0.1) is 11.3 Å². The van der Waals surface area contributed by atoms with Crippen molar-refractivity contribution in [3.05, 3.63) is 70.7 Å². The monoisotopic (exact) mass is 273 g/mol. The molecular weight excluding hydrogens is 262 g/mol. The Hall–Kier alpha value is -2.13. The van der Waals surface area contributed by atoms with E-state index in [4.69, 9.17) is 16.4 Å². The predicted octanol–water partition coefficient (Wildman–Crippen LogP) is 3.92. The van der Waals surface area contributed by atoms with Crippen molar-refractivity contribution in [2.45, 2.75) is 6.92 Å². The largest absolute Gasteiger partial charge is 0.365 e. The first-order chi connectivity index (χ1) is 9.16. The molecule has 0 heterocycles. The number of hydrogen-bond donors (Lipinski definition) is 0. The van der Waals surface area contributed by atoms with E-state index in [0.29, 0.717) is 16.3 Å². The summed E-state index contributed by atoms with van der Waals surface area (Å²) in [6, 6.07) is 15.9. The van der Waals surface area contributed by atoms with Gasteiger partial charge in [-0.2, -0.15) is 0 Å². The third-order valence-corrected chi connectivity index (χ3v) is 2.79. The fraction of sp³-hybridized carbons (Fsp3) is 0.0667. The molecule has 0 atom stereocenters. The van der Waals surface area contributed by atoms with Crippen LogP contribution in [0.25, 0.3) is 0 Å². The molecule has 0 saturated heterocycles. The zero-order valence-corrected chi connectivity index (χ0v) is 11.1. The van der Waals surface area contributed by atoms with Crippen LogP contribution in [0.15, 0.2) is 59.8 Å². The lowest BCUT2D eigenvalue weighted by Gasteiger charge is -2.01. The van der Waals surface area contributed by atoms with E-state index in [1.165, 1.54) is 0 Å². The lowest BCUT2D eigenvalue weighted by molar-refractivity contribution is 0.0516. The Morgan fingerprint density at radius 3 is 2.26 bits per heavy atom. The number of rotatable bonds is 3. The number of carbonyl (C=O) groups is 1. The van der Waals surface area contributed by atoms with Crippen molar-refractivity contribution in [2.24, 2.45) is 5.16 Å². The minimum absolute atomic E-state index is 0.468. The molecule has 0 amide bonds. The molecule has 3 nitrogen and oxygen atoms in total. The highest BCUT2D eigenvalue weighted by atomic mass is 35.5. The second-order valence-electron chi connectivity index (χ2n) is 3.93. The van der Waals surface area contributed by atoms with E-state index >= 15 is 0 Å². The Balaban J connectivity index is 2.06. The van der Waals surface area contributed by atoms with Gasteiger partial charge in [0.15, 0.2) is 0 Å². The van der Waals surface area contributed by atoms with Gasteiger partial charge in [-0.25, -0.2) is 4.79 Å². The summed E-state index contributed by atoms with van der Waals surface area (Å²) in [5.41, 5.74) is 1.93. The minimum Gasteiger partial charge on any atom is -0.313 e. The van der Waals surface area contributed by atoms with Gasteiger partial charge in [-0.3, -0.25) is 0 Å². The quantitative estimate of drug-likeness (QED) is 0.483. The summed E-state index contributed by atoms with van der Waals surface area (Å²) >= 11 is 5.80. The van der Waals surface area contributed by atoms with E-state index in [1.54, 1.807) is 43.3 Å². The van der Waals surface area contributed by atoms with E-state index in [-0.39, 0.29) is 0 Å². The minimum atomic E-state index is -0.478. The molecule has 0 aliphatic heterocycles. The number of nitrogens with zero attached hydrogens (tertiary/aromatic N) is 1. The Morgan fingerprint density at radius 2 is 1.63 bits per heavy atom. The van der Waals surface area contributed by atoms with Gasteiger partial charge in [0.1, 0.15) is 0 Å². The molecule has 2 aromatic rings. The van der Waals surface area contributed by atoms with Gasteiger partial charge >= 0.3 is 5.97 Å². The zero-order valence-electron chi connectivity index (χ0n) is 10.3. The maximum Gasteiger partial charge on any atom is 0.365 e. The Bertz CT molecular complexity index is 591. The number of carbonyl (C=O) groups excluding carboxylic acids is 1. The summed E-state index contributed by atoms with van der Waals surface area (Å²) < 4.78 is 0. The molecule has 2 aromatic carbocycles. The smallest absolute Gasteiger partial charge is 0.313 e. The molecule has 2 rings (SSSR count). The standard InChI is InChI=1S/C15H12ClNO2/c1-11(12-7-9-14(16)10-8-12)17-19-15(18)13-5-3-2-4-6-13/h2-10H,1H3/b17-11-. The van der Waals surface area contributed by atoms with Crippen LogP contribution in [0.1, 0.15) is 22.8 Å². The fourth-order valence-electron chi connectivity index (χ4n) is 1.48. The Kier molecular flexibility index (Phi) is 4.31. The second-order valence-corrected chi connectivity index (χ2v) is 4.36. The van der Waals surface area contributed by atoms with Gasteiger partial charge in [-0.1, -0.05) is 47.1 Å². The Labute approximate surface area is 116 Å². The molecule has 0 unspecified atom stereocenters. The summed E-state index contributed by atoms with van der Waals surface area (Å²) in [7, 11) is 0. The van der Waals surface area contributed by atoms with Gasteiger partial charge in [-0.05, 0) is 36.8 Å². The van der Waals surface area contributed by atoms with E-state index in [9.17, 15) is 4.79 Å². The van der Waals surface area contributed by atoms with Crippen LogP contribution in [0.5, 0.6) is 0 Å². The topological polar surface area (TPSA) is 38.7 Å². The van der Waals surface area contributed by atoms with Crippen molar-refractivity contribution in [1.82, 2.24) is 0 Å². The molecular formula is C15H12ClNO2. The maximum atomic E-state index is 11.7. The third kappa shape index (κ3) is 3.66. The number of benzene rings is 2. The molecule has 0 aromatic heterocycles. The molecule has 0 bridgehead atoms. The number of hydrogen-bond acceptors (Lipinski definition) is 3. The van der Waals surface area contributed by atoms with Crippen molar-refractivity contribution in [3.8, 4) is 0 Å². The zero-order chi connectivity index (χ0) is 13.7. The summed E-state index contributed by atoms with van der Waals surface area (Å²) in [5, 5.41) is 4.48. The van der Waals surface area contributed by atoms with Crippen LogP contribution in [0.4, 0.5) is 0 Å². The summed E-state index contributed by atoms with van der Waals surface area (Å²) in [6.45, 7) is 1.77. The molecule has 0 aliphatic rings. The van der Waals surface area contributed by atoms with Crippen molar-refractivity contribution >= 4 is 23.3 Å². The molecule has 0 aliphatic carbocycles. The van der Waals surface area contributed by atoms with Gasteiger partial charge in [0.2, 0.25) is 0 Å². The van der Waals surface area contributed by atoms with E-state index < -0.39 is 5.97 Å². The van der Waals surface area contributed by atoms with Crippen molar-refractivity contribution < 1.29 is 9.63 Å². The van der Waals surface area contributed by atoms with Gasteiger partial charge in [-0.15, -0.1) is 0 Å². The first-order valence-corrected chi connectivity index (χ1v) is 6.11. The van der Waals surface area contributed by atoms with Crippen LogP contribution in [0, 0.1) is 0 Å². The third-order valence-electron chi connectivity index (χ3n) is 2.54. The molecule has 0 saturated carbocycles. The average molecular weight is 274 g/mol. The normalized spacial score (nSPS) is 11.2. The highest BCUT2D eigenvalue weighted by molar-refractivity contribution is 6.30. The van der Waals surface area contributed by atoms with Crippen LogP contribution in [0.3, 0.4) is 0 Å². The van der Waals surface area contributed by atoms with Gasteiger partial charge < -0.3 is 4.84 Å². The lowest BCUT2D eigenvalue weighted by atomic mass is 10.1. The fourth-order valence-corrected chi connectivity index (χ4v) is 1.61. The summed E-state index contributed by atoms with van der Waals surface area (Å²) in [4.78, 5) is 16.6. The van der Waals surface area contributed by atoms with E-state index in [2.05, 4.69) is 5.16 Å². The van der Waals surface area contributed by atoms with Crippen LogP contribution < -0.4 is 0 Å². The molecule has 0 spiro atoms. The predicted molar refractivity (Wildman–Crippen MR) is 75.5 cm³/mol. The van der Waals surface area contributed by atoms with Crippen molar-refractivity contribution in [1.29, 1.82) is 0 Å². The molecule has 0 N–H and O–H groups in total. The van der Waals surface area contributed by atoms with E-state index in [1.807, 2.05) is 18.2 Å². The number of oxime groups is 1. The van der Waals surface area contributed by atoms with Crippen molar-refractivity contribution in [3.63, 3.8) is 0 Å². The molecule has 4 heteroatoms. The van der Waals surface area contributed by atoms with Crippen LogP contribution >= 0.6 is 11.6 Å². The van der Waals surface area contributed by atoms with Gasteiger partial charge in [0, 0.05) is 5.02 Å².